The van der Waals surface area contributed by atoms with Gasteiger partial charge in [0.2, 0.25) is 0 Å². The molecular formula is C15H16ClIN4. The number of benzene rings is 1. The highest BCUT2D eigenvalue weighted by Gasteiger charge is 2.18. The van der Waals surface area contributed by atoms with Crippen molar-refractivity contribution in [1.82, 2.24) is 19.3 Å². The number of aromatic nitrogens is 4. The van der Waals surface area contributed by atoms with Gasteiger partial charge in [-0.2, -0.15) is 5.10 Å². The fourth-order valence-electron chi connectivity index (χ4n) is 2.55. The van der Waals surface area contributed by atoms with E-state index in [1.165, 1.54) is 3.57 Å². The minimum Gasteiger partial charge on any atom is -0.281 e. The Kier molecular flexibility index (Phi) is 4.21. The first kappa shape index (κ1) is 14.8. The highest BCUT2D eigenvalue weighted by atomic mass is 127. The van der Waals surface area contributed by atoms with Gasteiger partial charge in [0.25, 0.3) is 0 Å². The molecule has 0 saturated carbocycles. The molecule has 0 bridgehead atoms. The molecule has 0 spiro atoms. The summed E-state index contributed by atoms with van der Waals surface area (Å²) in [6, 6.07) is 8.43. The van der Waals surface area contributed by atoms with E-state index in [-0.39, 0.29) is 0 Å². The first-order valence-corrected chi connectivity index (χ1v) is 8.53. The van der Waals surface area contributed by atoms with Gasteiger partial charge in [0.15, 0.2) is 5.65 Å². The van der Waals surface area contributed by atoms with Crippen LogP contribution in [0, 0.1) is 10.5 Å². The molecule has 0 N–H and O–H groups in total. The zero-order valence-corrected chi connectivity index (χ0v) is 14.9. The lowest BCUT2D eigenvalue weighted by Crippen LogP contribution is -2.07. The number of fused-ring (bicyclic) bond motifs is 1. The van der Waals surface area contributed by atoms with E-state index in [1.807, 2.05) is 11.6 Å². The summed E-state index contributed by atoms with van der Waals surface area (Å²) in [7, 11) is 0. The van der Waals surface area contributed by atoms with Gasteiger partial charge in [0.05, 0.1) is 5.69 Å². The fourth-order valence-corrected chi connectivity index (χ4v) is 3.08. The van der Waals surface area contributed by atoms with Crippen molar-refractivity contribution in [3.05, 3.63) is 39.4 Å². The van der Waals surface area contributed by atoms with Crippen molar-refractivity contribution in [3.63, 3.8) is 0 Å². The Morgan fingerprint density at radius 1 is 1.24 bits per heavy atom. The Labute approximate surface area is 142 Å². The second-order valence-electron chi connectivity index (χ2n) is 4.85. The van der Waals surface area contributed by atoms with E-state index in [0.717, 1.165) is 41.3 Å². The number of imidazole rings is 1. The summed E-state index contributed by atoms with van der Waals surface area (Å²) in [5, 5.41) is 4.57. The molecule has 4 nitrogen and oxygen atoms in total. The lowest BCUT2D eigenvalue weighted by molar-refractivity contribution is 0.659. The third-order valence-electron chi connectivity index (χ3n) is 3.48. The number of nitrogens with zero attached hydrogens (tertiary/aromatic N) is 4. The first-order valence-electron chi connectivity index (χ1n) is 6.92. The second kappa shape index (κ2) is 5.96. The van der Waals surface area contributed by atoms with Crippen LogP contribution in [0.1, 0.15) is 18.4 Å². The van der Waals surface area contributed by atoms with Crippen molar-refractivity contribution < 1.29 is 0 Å². The largest absolute Gasteiger partial charge is 0.281 e. The maximum Gasteiger partial charge on any atom is 0.163 e. The van der Waals surface area contributed by atoms with Gasteiger partial charge in [0.1, 0.15) is 11.3 Å². The van der Waals surface area contributed by atoms with Gasteiger partial charge >= 0.3 is 0 Å². The smallest absolute Gasteiger partial charge is 0.163 e. The Hall–Kier alpha value is -1.08. The van der Waals surface area contributed by atoms with Crippen LogP contribution < -0.4 is 0 Å². The average Bonchev–Trinajstić information content (AvgIpc) is 2.98. The van der Waals surface area contributed by atoms with Crippen LogP contribution in [-0.2, 0) is 13.0 Å². The molecule has 3 rings (SSSR count). The zero-order chi connectivity index (χ0) is 15.0. The number of rotatable bonds is 4. The Morgan fingerprint density at radius 2 is 1.95 bits per heavy atom. The van der Waals surface area contributed by atoms with Crippen LogP contribution >= 0.6 is 34.2 Å². The van der Waals surface area contributed by atoms with Crippen LogP contribution in [0.4, 0.5) is 0 Å². The number of hydrogen-bond acceptors (Lipinski definition) is 2. The SMILES string of the molecule is CCn1nc(C)c2nc(CCCl)n(-c3ccc(I)cc3)c21. The molecule has 2 heterocycles. The molecule has 0 aliphatic rings. The molecule has 21 heavy (non-hydrogen) atoms. The monoisotopic (exact) mass is 414 g/mol. The Balaban J connectivity index is 2.31. The Morgan fingerprint density at radius 3 is 2.57 bits per heavy atom. The van der Waals surface area contributed by atoms with Gasteiger partial charge < -0.3 is 0 Å². The molecule has 0 fully saturated rings. The Bertz CT molecular complexity index is 773. The summed E-state index contributed by atoms with van der Waals surface area (Å²) in [5.41, 5.74) is 4.09. The molecule has 0 aliphatic carbocycles. The summed E-state index contributed by atoms with van der Waals surface area (Å²) >= 11 is 8.26. The molecule has 2 aromatic heterocycles. The minimum absolute atomic E-state index is 0.558. The summed E-state index contributed by atoms with van der Waals surface area (Å²) in [6.07, 6.45) is 0.741. The molecule has 3 aromatic rings. The highest BCUT2D eigenvalue weighted by Crippen LogP contribution is 2.25. The molecule has 0 amide bonds. The minimum atomic E-state index is 0.558. The van der Waals surface area contributed by atoms with Crippen molar-refractivity contribution in [2.75, 3.05) is 5.88 Å². The molecule has 110 valence electrons. The van der Waals surface area contributed by atoms with Crippen molar-refractivity contribution in [2.24, 2.45) is 0 Å². The van der Waals surface area contributed by atoms with Crippen LogP contribution in [-0.4, -0.2) is 25.2 Å². The highest BCUT2D eigenvalue weighted by molar-refractivity contribution is 14.1. The lowest BCUT2D eigenvalue weighted by Gasteiger charge is -2.10. The standard InChI is InChI=1S/C15H16ClIN4/c1-3-20-15-14(10(2)19-20)18-13(8-9-16)21(15)12-6-4-11(17)5-7-12/h4-7H,3,8-9H2,1-2H3. The maximum absolute atomic E-state index is 5.95. The molecule has 0 saturated heterocycles. The quantitative estimate of drug-likeness (QED) is 0.479. The van der Waals surface area contributed by atoms with Crippen LogP contribution in [0.15, 0.2) is 24.3 Å². The number of halogens is 2. The molecule has 0 radical (unpaired) electrons. The summed E-state index contributed by atoms with van der Waals surface area (Å²) in [4.78, 5) is 4.76. The lowest BCUT2D eigenvalue weighted by atomic mass is 10.3. The van der Waals surface area contributed by atoms with E-state index in [2.05, 4.69) is 63.4 Å². The van der Waals surface area contributed by atoms with E-state index in [1.54, 1.807) is 0 Å². The predicted molar refractivity (Wildman–Crippen MR) is 94.4 cm³/mol. The van der Waals surface area contributed by atoms with Crippen LogP contribution in [0.5, 0.6) is 0 Å². The second-order valence-corrected chi connectivity index (χ2v) is 6.48. The van der Waals surface area contributed by atoms with Crippen molar-refractivity contribution >= 4 is 45.4 Å². The molecule has 1 aromatic carbocycles. The van der Waals surface area contributed by atoms with E-state index < -0.39 is 0 Å². The predicted octanol–water partition coefficient (Wildman–Crippen LogP) is 3.94. The van der Waals surface area contributed by atoms with E-state index in [0.29, 0.717) is 5.88 Å². The van der Waals surface area contributed by atoms with Crippen LogP contribution in [0.25, 0.3) is 16.9 Å². The first-order chi connectivity index (χ1) is 10.2. The van der Waals surface area contributed by atoms with Crippen molar-refractivity contribution in [3.8, 4) is 5.69 Å². The summed E-state index contributed by atoms with van der Waals surface area (Å²) < 4.78 is 5.40. The van der Waals surface area contributed by atoms with Gasteiger partial charge in [-0.25, -0.2) is 9.67 Å². The topological polar surface area (TPSA) is 35.6 Å². The number of aryl methyl sites for hydroxylation is 3. The third-order valence-corrected chi connectivity index (χ3v) is 4.39. The van der Waals surface area contributed by atoms with Crippen LogP contribution in [0.2, 0.25) is 0 Å². The fraction of sp³-hybridized carbons (Fsp3) is 0.333. The third kappa shape index (κ3) is 2.57. The average molecular weight is 415 g/mol. The zero-order valence-electron chi connectivity index (χ0n) is 12.0. The van der Waals surface area contributed by atoms with E-state index in [9.17, 15) is 0 Å². The molecule has 0 atom stereocenters. The van der Waals surface area contributed by atoms with E-state index >= 15 is 0 Å². The van der Waals surface area contributed by atoms with Gasteiger partial charge in [0, 0.05) is 28.1 Å². The summed E-state index contributed by atoms with van der Waals surface area (Å²) in [5.74, 6) is 1.55. The van der Waals surface area contributed by atoms with Gasteiger partial charge in [-0.3, -0.25) is 4.57 Å². The molecule has 0 unspecified atom stereocenters. The van der Waals surface area contributed by atoms with E-state index in [4.69, 9.17) is 16.6 Å². The molecular weight excluding hydrogens is 399 g/mol. The molecule has 6 heteroatoms. The van der Waals surface area contributed by atoms with Crippen molar-refractivity contribution in [1.29, 1.82) is 0 Å². The summed E-state index contributed by atoms with van der Waals surface area (Å²) in [6.45, 7) is 4.92. The normalized spacial score (nSPS) is 11.4. The van der Waals surface area contributed by atoms with Crippen molar-refractivity contribution in [2.45, 2.75) is 26.8 Å². The number of hydrogen-bond donors (Lipinski definition) is 0. The van der Waals surface area contributed by atoms with Gasteiger partial charge in [-0.05, 0) is 60.7 Å². The molecule has 0 aliphatic heterocycles. The van der Waals surface area contributed by atoms with Crippen LogP contribution in [0.3, 0.4) is 0 Å². The maximum atomic E-state index is 5.95. The van der Waals surface area contributed by atoms with Gasteiger partial charge in [-0.1, -0.05) is 0 Å². The number of alkyl halides is 1. The van der Waals surface area contributed by atoms with Gasteiger partial charge in [-0.15, -0.1) is 11.6 Å².